The number of hydrogen-bond acceptors (Lipinski definition) is 4. The van der Waals surface area contributed by atoms with Crippen LogP contribution < -0.4 is 0 Å². The van der Waals surface area contributed by atoms with Gasteiger partial charge in [0.2, 0.25) is 5.89 Å². The van der Waals surface area contributed by atoms with E-state index in [-0.39, 0.29) is 5.41 Å². The van der Waals surface area contributed by atoms with Crippen molar-refractivity contribution in [3.05, 3.63) is 65.8 Å². The molecule has 1 aromatic carbocycles. The summed E-state index contributed by atoms with van der Waals surface area (Å²) in [4.78, 5) is 8.76. The highest BCUT2D eigenvalue weighted by Crippen LogP contribution is 2.45. The summed E-state index contributed by atoms with van der Waals surface area (Å²) in [5.41, 5.74) is 2.48. The molecule has 0 atom stereocenters. The van der Waals surface area contributed by atoms with Crippen molar-refractivity contribution >= 4 is 0 Å². The largest absolute Gasteiger partial charge is 0.337 e. The van der Waals surface area contributed by atoms with Crippen molar-refractivity contribution in [2.75, 3.05) is 0 Å². The number of aromatic nitrogens is 4. The van der Waals surface area contributed by atoms with Crippen molar-refractivity contribution < 1.29 is 4.52 Å². The first-order valence-electron chi connectivity index (χ1n) is 8.12. The Morgan fingerprint density at radius 1 is 1.17 bits per heavy atom. The van der Waals surface area contributed by atoms with Gasteiger partial charge in [0.25, 0.3) is 0 Å². The van der Waals surface area contributed by atoms with Gasteiger partial charge in [0, 0.05) is 12.4 Å². The van der Waals surface area contributed by atoms with Crippen LogP contribution in [0.3, 0.4) is 0 Å². The first-order chi connectivity index (χ1) is 11.3. The SMILES string of the molecule is Cc1ccc(C2(c3noc(Cn4ccnc4)n3)CCCC2)cc1. The molecule has 5 nitrogen and oxygen atoms in total. The van der Waals surface area contributed by atoms with E-state index in [0.29, 0.717) is 12.4 Å². The van der Waals surface area contributed by atoms with Crippen molar-refractivity contribution in [3.8, 4) is 0 Å². The van der Waals surface area contributed by atoms with Gasteiger partial charge in [-0.15, -0.1) is 0 Å². The standard InChI is InChI=1S/C18H20N4O/c1-14-4-6-15(7-5-14)18(8-2-3-9-18)17-20-16(23-21-17)12-22-11-10-19-13-22/h4-7,10-11,13H,2-3,8-9,12H2,1H3. The molecule has 2 aromatic heterocycles. The molecule has 1 aliphatic rings. The number of nitrogens with zero attached hydrogens (tertiary/aromatic N) is 4. The third kappa shape index (κ3) is 2.56. The smallest absolute Gasteiger partial charge is 0.246 e. The number of aryl methyl sites for hydroxylation is 1. The number of benzene rings is 1. The Morgan fingerprint density at radius 3 is 2.65 bits per heavy atom. The maximum absolute atomic E-state index is 5.51. The molecule has 0 spiro atoms. The van der Waals surface area contributed by atoms with Crippen LogP contribution >= 0.6 is 0 Å². The van der Waals surface area contributed by atoms with Gasteiger partial charge in [0.1, 0.15) is 6.54 Å². The fraction of sp³-hybridized carbons (Fsp3) is 0.389. The Morgan fingerprint density at radius 2 is 1.96 bits per heavy atom. The van der Waals surface area contributed by atoms with Crippen LogP contribution in [-0.2, 0) is 12.0 Å². The molecule has 118 valence electrons. The van der Waals surface area contributed by atoms with E-state index >= 15 is 0 Å². The lowest BCUT2D eigenvalue weighted by Gasteiger charge is -2.25. The Labute approximate surface area is 135 Å². The highest BCUT2D eigenvalue weighted by atomic mass is 16.5. The summed E-state index contributed by atoms with van der Waals surface area (Å²) >= 11 is 0. The lowest BCUT2D eigenvalue weighted by atomic mass is 9.78. The zero-order chi connectivity index (χ0) is 15.7. The summed E-state index contributed by atoms with van der Waals surface area (Å²) in [5.74, 6) is 1.46. The summed E-state index contributed by atoms with van der Waals surface area (Å²) in [7, 11) is 0. The summed E-state index contributed by atoms with van der Waals surface area (Å²) in [6, 6.07) is 8.77. The predicted molar refractivity (Wildman–Crippen MR) is 86.1 cm³/mol. The average molecular weight is 308 g/mol. The Hall–Kier alpha value is -2.43. The van der Waals surface area contributed by atoms with Gasteiger partial charge in [-0.2, -0.15) is 4.98 Å². The molecule has 1 aliphatic carbocycles. The van der Waals surface area contributed by atoms with E-state index in [1.807, 2.05) is 10.8 Å². The second-order valence-electron chi connectivity index (χ2n) is 6.40. The topological polar surface area (TPSA) is 56.7 Å². The van der Waals surface area contributed by atoms with Gasteiger partial charge in [0.05, 0.1) is 11.7 Å². The first-order valence-corrected chi connectivity index (χ1v) is 8.12. The lowest BCUT2D eigenvalue weighted by molar-refractivity contribution is 0.354. The summed E-state index contributed by atoms with van der Waals surface area (Å²) in [6.45, 7) is 2.68. The molecule has 0 saturated heterocycles. The van der Waals surface area contributed by atoms with Crippen LogP contribution in [0.25, 0.3) is 0 Å². The molecular formula is C18H20N4O. The van der Waals surface area contributed by atoms with Gasteiger partial charge in [-0.25, -0.2) is 4.98 Å². The molecule has 23 heavy (non-hydrogen) atoms. The van der Waals surface area contributed by atoms with Gasteiger partial charge in [-0.1, -0.05) is 47.8 Å². The highest BCUT2D eigenvalue weighted by molar-refractivity contribution is 5.35. The molecular weight excluding hydrogens is 288 g/mol. The zero-order valence-electron chi connectivity index (χ0n) is 13.3. The van der Waals surface area contributed by atoms with E-state index in [9.17, 15) is 0 Å². The summed E-state index contributed by atoms with van der Waals surface area (Å²) in [5, 5.41) is 4.33. The van der Waals surface area contributed by atoms with E-state index in [1.165, 1.54) is 24.0 Å². The molecule has 0 unspecified atom stereocenters. The molecule has 0 amide bonds. The van der Waals surface area contributed by atoms with Crippen LogP contribution in [0.1, 0.15) is 48.5 Å². The summed E-state index contributed by atoms with van der Waals surface area (Å²) in [6.07, 6.45) is 9.99. The van der Waals surface area contributed by atoms with Crippen LogP contribution in [0, 0.1) is 6.92 Å². The number of rotatable bonds is 4. The van der Waals surface area contributed by atoms with Crippen molar-refractivity contribution in [2.24, 2.45) is 0 Å². The van der Waals surface area contributed by atoms with Gasteiger partial charge >= 0.3 is 0 Å². The third-order valence-electron chi connectivity index (χ3n) is 4.83. The Bertz CT molecular complexity index is 768. The predicted octanol–water partition coefficient (Wildman–Crippen LogP) is 3.48. The number of imidazole rings is 1. The molecule has 1 fully saturated rings. The van der Waals surface area contributed by atoms with Crippen LogP contribution in [0.4, 0.5) is 0 Å². The zero-order valence-corrected chi connectivity index (χ0v) is 13.3. The minimum absolute atomic E-state index is 0.0929. The van der Waals surface area contributed by atoms with Crippen LogP contribution in [0.5, 0.6) is 0 Å². The lowest BCUT2D eigenvalue weighted by Crippen LogP contribution is -2.25. The van der Waals surface area contributed by atoms with Crippen molar-refractivity contribution in [3.63, 3.8) is 0 Å². The molecule has 0 radical (unpaired) electrons. The van der Waals surface area contributed by atoms with Crippen molar-refractivity contribution in [1.82, 2.24) is 19.7 Å². The molecule has 4 rings (SSSR count). The molecule has 2 heterocycles. The van der Waals surface area contributed by atoms with Crippen LogP contribution in [0.2, 0.25) is 0 Å². The fourth-order valence-corrected chi connectivity index (χ4v) is 3.54. The normalized spacial score (nSPS) is 16.7. The fourth-order valence-electron chi connectivity index (χ4n) is 3.54. The Balaban J connectivity index is 1.68. The minimum Gasteiger partial charge on any atom is -0.337 e. The minimum atomic E-state index is -0.0929. The van der Waals surface area contributed by atoms with Crippen LogP contribution in [-0.4, -0.2) is 19.7 Å². The van der Waals surface area contributed by atoms with Crippen molar-refractivity contribution in [2.45, 2.75) is 44.6 Å². The average Bonchev–Trinajstić information content (AvgIpc) is 3.30. The second kappa shape index (κ2) is 5.65. The van der Waals surface area contributed by atoms with Gasteiger partial charge < -0.3 is 9.09 Å². The van der Waals surface area contributed by atoms with Gasteiger partial charge in [-0.3, -0.25) is 0 Å². The summed E-state index contributed by atoms with van der Waals surface area (Å²) < 4.78 is 7.45. The maximum atomic E-state index is 5.51. The molecule has 0 aliphatic heterocycles. The van der Waals surface area contributed by atoms with E-state index in [1.54, 1.807) is 12.5 Å². The molecule has 5 heteroatoms. The molecule has 1 saturated carbocycles. The van der Waals surface area contributed by atoms with E-state index < -0.39 is 0 Å². The molecule has 3 aromatic rings. The number of hydrogen-bond donors (Lipinski definition) is 0. The Kier molecular flexibility index (Phi) is 3.48. The highest BCUT2D eigenvalue weighted by Gasteiger charge is 2.41. The molecule has 0 bridgehead atoms. The van der Waals surface area contributed by atoms with E-state index in [2.05, 4.69) is 41.3 Å². The van der Waals surface area contributed by atoms with Gasteiger partial charge in [0.15, 0.2) is 5.82 Å². The van der Waals surface area contributed by atoms with Crippen molar-refractivity contribution in [1.29, 1.82) is 0 Å². The van der Waals surface area contributed by atoms with Gasteiger partial charge in [-0.05, 0) is 25.3 Å². The van der Waals surface area contributed by atoms with E-state index in [0.717, 1.165) is 18.7 Å². The van der Waals surface area contributed by atoms with Crippen LogP contribution in [0.15, 0.2) is 47.5 Å². The quantitative estimate of drug-likeness (QED) is 0.740. The monoisotopic (exact) mass is 308 g/mol. The molecule has 0 N–H and O–H groups in total. The third-order valence-corrected chi connectivity index (χ3v) is 4.83. The maximum Gasteiger partial charge on any atom is 0.246 e. The second-order valence-corrected chi connectivity index (χ2v) is 6.40. The first kappa shape index (κ1) is 14.2. The van der Waals surface area contributed by atoms with E-state index in [4.69, 9.17) is 9.51 Å².